The molecule has 4 aromatic rings. The summed E-state index contributed by atoms with van der Waals surface area (Å²) in [5.74, 6) is 0.410. The second kappa shape index (κ2) is 11.2. The molecule has 5 heteroatoms. The highest BCUT2D eigenvalue weighted by Gasteiger charge is 2.11. The van der Waals surface area contributed by atoms with E-state index in [1.807, 2.05) is 95.7 Å². The van der Waals surface area contributed by atoms with Crippen LogP contribution in [-0.4, -0.2) is 30.4 Å². The van der Waals surface area contributed by atoms with E-state index < -0.39 is 0 Å². The minimum Gasteiger partial charge on any atom is -0.491 e. The number of esters is 1. The smallest absolute Gasteiger partial charge is 0.332 e. The largest absolute Gasteiger partial charge is 0.491 e. The van der Waals surface area contributed by atoms with Crippen molar-refractivity contribution in [3.05, 3.63) is 108 Å². The maximum atomic E-state index is 12.2. The number of hydrogen-bond acceptors (Lipinski definition) is 4. The molecule has 0 unspecified atom stereocenters. The van der Waals surface area contributed by atoms with Gasteiger partial charge in [-0.15, -0.1) is 0 Å². The van der Waals surface area contributed by atoms with E-state index in [4.69, 9.17) is 14.2 Å². The normalized spacial score (nSPS) is 11.5. The third-order valence-electron chi connectivity index (χ3n) is 5.14. The van der Waals surface area contributed by atoms with Crippen LogP contribution >= 0.6 is 0 Å². The van der Waals surface area contributed by atoms with Gasteiger partial charge in [0, 0.05) is 17.7 Å². The van der Waals surface area contributed by atoms with E-state index in [9.17, 15) is 4.79 Å². The van der Waals surface area contributed by atoms with Gasteiger partial charge in [-0.1, -0.05) is 60.7 Å². The molecule has 0 radical (unpaired) electrons. The quantitative estimate of drug-likeness (QED) is 0.180. The van der Waals surface area contributed by atoms with Gasteiger partial charge in [0.05, 0.1) is 31.0 Å². The topological polar surface area (TPSA) is 49.7 Å². The third-order valence-corrected chi connectivity index (χ3v) is 5.14. The lowest BCUT2D eigenvalue weighted by Gasteiger charge is -2.12. The molecule has 0 aliphatic carbocycles. The molecule has 0 saturated carbocycles. The number of nitrogens with zero attached hydrogens (tertiary/aromatic N) is 1. The minimum absolute atomic E-state index is 0.333. The fourth-order valence-electron chi connectivity index (χ4n) is 3.60. The lowest BCUT2D eigenvalue weighted by molar-refractivity contribution is -0.137. The predicted octanol–water partition coefficient (Wildman–Crippen LogP) is 5.69. The van der Waals surface area contributed by atoms with Crippen molar-refractivity contribution in [2.75, 3.05) is 19.8 Å². The van der Waals surface area contributed by atoms with Gasteiger partial charge in [-0.05, 0) is 42.3 Å². The summed E-state index contributed by atoms with van der Waals surface area (Å²) >= 11 is 0. The molecule has 5 nitrogen and oxygen atoms in total. The first-order valence-corrected chi connectivity index (χ1v) is 11.0. The Morgan fingerprint density at radius 2 is 1.67 bits per heavy atom. The zero-order valence-electron chi connectivity index (χ0n) is 18.6. The first-order chi connectivity index (χ1) is 16.2. The number of benzene rings is 3. The SMILES string of the molecule is CCOC(=O)/C=C(\c1ccccc1)n1ccc2cc(OCCOCc3ccccc3)ccc21. The molecular weight excluding hydrogens is 414 g/mol. The number of ether oxygens (including phenoxy) is 3. The van der Waals surface area contributed by atoms with Gasteiger partial charge in [-0.2, -0.15) is 0 Å². The van der Waals surface area contributed by atoms with Crippen LogP contribution in [0.1, 0.15) is 18.1 Å². The van der Waals surface area contributed by atoms with E-state index in [0.717, 1.165) is 33.5 Å². The fourth-order valence-corrected chi connectivity index (χ4v) is 3.60. The summed E-state index contributed by atoms with van der Waals surface area (Å²) in [5.41, 5.74) is 3.80. The average molecular weight is 442 g/mol. The van der Waals surface area contributed by atoms with Crippen LogP contribution in [0.25, 0.3) is 16.6 Å². The average Bonchev–Trinajstić information content (AvgIpc) is 3.27. The maximum Gasteiger partial charge on any atom is 0.332 e. The first-order valence-electron chi connectivity index (χ1n) is 11.0. The van der Waals surface area contributed by atoms with Crippen molar-refractivity contribution >= 4 is 22.6 Å². The number of carbonyl (C=O) groups is 1. The molecule has 0 amide bonds. The van der Waals surface area contributed by atoms with Crippen molar-refractivity contribution in [3.63, 3.8) is 0 Å². The highest BCUT2D eigenvalue weighted by molar-refractivity contribution is 5.95. The van der Waals surface area contributed by atoms with E-state index in [0.29, 0.717) is 26.4 Å². The van der Waals surface area contributed by atoms with Crippen LogP contribution < -0.4 is 4.74 Å². The van der Waals surface area contributed by atoms with Crippen LogP contribution in [0.4, 0.5) is 0 Å². The van der Waals surface area contributed by atoms with Gasteiger partial charge in [0.15, 0.2) is 0 Å². The molecule has 1 heterocycles. The Hall–Kier alpha value is -3.83. The summed E-state index contributed by atoms with van der Waals surface area (Å²) in [6.07, 6.45) is 3.49. The molecule has 3 aromatic carbocycles. The van der Waals surface area contributed by atoms with Crippen molar-refractivity contribution in [2.24, 2.45) is 0 Å². The van der Waals surface area contributed by atoms with Crippen LogP contribution in [0.15, 0.2) is 97.2 Å². The molecule has 4 rings (SSSR count). The van der Waals surface area contributed by atoms with Crippen molar-refractivity contribution in [2.45, 2.75) is 13.5 Å². The van der Waals surface area contributed by atoms with Crippen molar-refractivity contribution in [3.8, 4) is 5.75 Å². The van der Waals surface area contributed by atoms with E-state index in [1.54, 1.807) is 6.92 Å². The lowest BCUT2D eigenvalue weighted by atomic mass is 10.1. The van der Waals surface area contributed by atoms with Gasteiger partial charge in [0.1, 0.15) is 12.4 Å². The van der Waals surface area contributed by atoms with Crippen LogP contribution in [0, 0.1) is 0 Å². The van der Waals surface area contributed by atoms with Gasteiger partial charge < -0.3 is 18.8 Å². The summed E-state index contributed by atoms with van der Waals surface area (Å²) in [7, 11) is 0. The Bertz CT molecular complexity index is 1210. The molecule has 0 bridgehead atoms. The van der Waals surface area contributed by atoms with Crippen LogP contribution in [-0.2, 0) is 20.9 Å². The molecular formula is C28H27NO4. The van der Waals surface area contributed by atoms with E-state index in [-0.39, 0.29) is 5.97 Å². The van der Waals surface area contributed by atoms with Crippen LogP contribution in [0.3, 0.4) is 0 Å². The molecule has 0 atom stereocenters. The molecule has 0 fully saturated rings. The zero-order valence-corrected chi connectivity index (χ0v) is 18.6. The van der Waals surface area contributed by atoms with Crippen molar-refractivity contribution in [1.82, 2.24) is 4.57 Å². The van der Waals surface area contributed by atoms with E-state index in [1.165, 1.54) is 6.08 Å². The Balaban J connectivity index is 1.46. The number of hydrogen-bond donors (Lipinski definition) is 0. The summed E-state index contributed by atoms with van der Waals surface area (Å²) < 4.78 is 18.7. The van der Waals surface area contributed by atoms with Crippen molar-refractivity contribution in [1.29, 1.82) is 0 Å². The second-order valence-corrected chi connectivity index (χ2v) is 7.44. The zero-order chi connectivity index (χ0) is 22.9. The number of carbonyl (C=O) groups excluding carboxylic acids is 1. The standard InChI is InChI=1S/C28H27NO4/c1-2-32-28(30)20-27(23-11-7-4-8-12-23)29-16-15-24-19-25(13-14-26(24)29)33-18-17-31-21-22-9-5-3-6-10-22/h3-16,19-20H,2,17-18,21H2,1H3/b27-20+. The highest BCUT2D eigenvalue weighted by atomic mass is 16.5. The van der Waals surface area contributed by atoms with E-state index in [2.05, 4.69) is 0 Å². The number of aromatic nitrogens is 1. The minimum atomic E-state index is -0.367. The fraction of sp³-hybridized carbons (Fsp3) is 0.179. The van der Waals surface area contributed by atoms with Gasteiger partial charge in [0.25, 0.3) is 0 Å². The van der Waals surface area contributed by atoms with Gasteiger partial charge in [-0.25, -0.2) is 4.79 Å². The molecule has 0 aliphatic rings. The summed E-state index contributed by atoms with van der Waals surface area (Å²) in [4.78, 5) is 12.2. The molecule has 0 aliphatic heterocycles. The van der Waals surface area contributed by atoms with Crippen LogP contribution in [0.2, 0.25) is 0 Å². The molecule has 1 aromatic heterocycles. The monoisotopic (exact) mass is 441 g/mol. The van der Waals surface area contributed by atoms with Crippen molar-refractivity contribution < 1.29 is 19.0 Å². The first kappa shape index (κ1) is 22.4. The molecule has 0 spiro atoms. The second-order valence-electron chi connectivity index (χ2n) is 7.44. The van der Waals surface area contributed by atoms with Gasteiger partial charge in [0.2, 0.25) is 0 Å². The van der Waals surface area contributed by atoms with E-state index >= 15 is 0 Å². The van der Waals surface area contributed by atoms with Crippen LogP contribution in [0.5, 0.6) is 5.75 Å². The Morgan fingerprint density at radius 3 is 2.42 bits per heavy atom. The predicted molar refractivity (Wildman–Crippen MR) is 130 cm³/mol. The summed E-state index contributed by atoms with van der Waals surface area (Å²) in [6.45, 7) is 3.68. The Labute approximate surface area is 193 Å². The molecule has 168 valence electrons. The highest BCUT2D eigenvalue weighted by Crippen LogP contribution is 2.27. The third kappa shape index (κ3) is 5.90. The van der Waals surface area contributed by atoms with Gasteiger partial charge >= 0.3 is 5.97 Å². The molecule has 33 heavy (non-hydrogen) atoms. The number of rotatable bonds is 10. The molecule has 0 saturated heterocycles. The summed E-state index contributed by atoms with van der Waals surface area (Å²) in [5, 5.41) is 1.02. The van der Waals surface area contributed by atoms with Gasteiger partial charge in [-0.3, -0.25) is 0 Å². The molecule has 0 N–H and O–H groups in total. The maximum absolute atomic E-state index is 12.2. The Morgan fingerprint density at radius 1 is 0.909 bits per heavy atom. The Kier molecular flexibility index (Phi) is 7.56. The lowest BCUT2D eigenvalue weighted by Crippen LogP contribution is -2.07. The number of fused-ring (bicyclic) bond motifs is 1. The summed E-state index contributed by atoms with van der Waals surface area (Å²) in [6, 6.07) is 27.8.